The summed E-state index contributed by atoms with van der Waals surface area (Å²) in [5, 5.41) is 13.3. The van der Waals surface area contributed by atoms with E-state index in [0.29, 0.717) is 31.1 Å². The van der Waals surface area contributed by atoms with Crippen molar-refractivity contribution in [1.82, 2.24) is 9.97 Å². The molecule has 2 atom stereocenters. The van der Waals surface area contributed by atoms with E-state index in [9.17, 15) is 5.11 Å². The lowest BCUT2D eigenvalue weighted by atomic mass is 9.97. The lowest BCUT2D eigenvalue weighted by Crippen LogP contribution is -2.43. The maximum absolute atomic E-state index is 10.2. The number of hydrogen-bond donors (Lipinski definition) is 3. The molecule has 0 spiro atoms. The summed E-state index contributed by atoms with van der Waals surface area (Å²) in [6, 6.07) is 0. The van der Waals surface area contributed by atoms with E-state index in [-0.39, 0.29) is 6.10 Å². The van der Waals surface area contributed by atoms with Crippen LogP contribution in [-0.2, 0) is 4.74 Å². The number of rotatable bonds is 3. The molecule has 0 aromatic carbocycles. The molecule has 2 heterocycles. The van der Waals surface area contributed by atoms with Crippen LogP contribution < -0.4 is 11.1 Å². The van der Waals surface area contributed by atoms with Gasteiger partial charge in [0.2, 0.25) is 0 Å². The molecule has 4 N–H and O–H groups in total. The van der Waals surface area contributed by atoms with Crippen LogP contribution >= 0.6 is 0 Å². The van der Waals surface area contributed by atoms with Crippen molar-refractivity contribution in [3.63, 3.8) is 0 Å². The first-order valence-electron chi connectivity index (χ1n) is 5.25. The van der Waals surface area contributed by atoms with E-state index < -0.39 is 5.60 Å². The highest BCUT2D eigenvalue weighted by Gasteiger charge is 2.39. The number of ether oxygens (including phenoxy) is 1. The molecule has 1 saturated heterocycles. The predicted molar refractivity (Wildman–Crippen MR) is 59.9 cm³/mol. The van der Waals surface area contributed by atoms with Crippen molar-refractivity contribution in [2.75, 3.05) is 24.2 Å². The average Bonchev–Trinajstić information content (AvgIpc) is 2.59. The minimum atomic E-state index is -0.850. The monoisotopic (exact) mass is 224 g/mol. The van der Waals surface area contributed by atoms with Crippen molar-refractivity contribution < 1.29 is 9.84 Å². The molecule has 0 bridgehead atoms. The van der Waals surface area contributed by atoms with Gasteiger partial charge < -0.3 is 20.9 Å². The first-order chi connectivity index (χ1) is 7.62. The Labute approximate surface area is 93.9 Å². The van der Waals surface area contributed by atoms with Crippen LogP contribution in [0.25, 0.3) is 0 Å². The van der Waals surface area contributed by atoms with E-state index in [1.807, 2.05) is 6.92 Å². The maximum Gasteiger partial charge on any atom is 0.152 e. The third-order valence-corrected chi connectivity index (χ3v) is 2.96. The van der Waals surface area contributed by atoms with Gasteiger partial charge in [0.05, 0.1) is 18.0 Å². The van der Waals surface area contributed by atoms with E-state index in [1.54, 1.807) is 0 Å². The normalized spacial score (nSPS) is 29.2. The van der Waals surface area contributed by atoms with Gasteiger partial charge >= 0.3 is 0 Å². The Morgan fingerprint density at radius 1 is 1.75 bits per heavy atom. The smallest absolute Gasteiger partial charge is 0.152 e. The first kappa shape index (κ1) is 11.1. The quantitative estimate of drug-likeness (QED) is 0.669. The fraction of sp³-hybridized carbons (Fsp3) is 0.600. The highest BCUT2D eigenvalue weighted by molar-refractivity contribution is 5.59. The summed E-state index contributed by atoms with van der Waals surface area (Å²) in [4.78, 5) is 7.79. The second-order valence-corrected chi connectivity index (χ2v) is 4.05. The summed E-state index contributed by atoms with van der Waals surface area (Å²) >= 11 is 0. The van der Waals surface area contributed by atoms with Crippen LogP contribution in [0.1, 0.15) is 13.3 Å². The summed E-state index contributed by atoms with van der Waals surface area (Å²) in [6.07, 6.45) is 3.38. The third-order valence-electron chi connectivity index (χ3n) is 2.96. The number of aliphatic hydroxyl groups is 1. The van der Waals surface area contributed by atoms with Crippen molar-refractivity contribution in [3.05, 3.63) is 12.5 Å². The third kappa shape index (κ3) is 2.07. The second kappa shape index (κ2) is 4.23. The SMILES string of the molecule is CC1OCCC1(O)CNc1ncncc1N. The van der Waals surface area contributed by atoms with Gasteiger partial charge in [-0.15, -0.1) is 0 Å². The topological polar surface area (TPSA) is 93.3 Å². The minimum absolute atomic E-state index is 0.178. The van der Waals surface area contributed by atoms with Crippen molar-refractivity contribution in [2.45, 2.75) is 25.0 Å². The molecule has 1 aromatic rings. The highest BCUT2D eigenvalue weighted by atomic mass is 16.5. The largest absolute Gasteiger partial charge is 0.394 e. The molecule has 0 saturated carbocycles. The van der Waals surface area contributed by atoms with Crippen LogP contribution in [-0.4, -0.2) is 39.9 Å². The van der Waals surface area contributed by atoms with Gasteiger partial charge in [-0.05, 0) is 6.92 Å². The van der Waals surface area contributed by atoms with Crippen molar-refractivity contribution in [3.8, 4) is 0 Å². The standard InChI is InChI=1S/C10H16N4O2/c1-7-10(15,2-3-16-7)5-13-9-8(11)4-12-6-14-9/h4,6-7,15H,2-3,5,11H2,1H3,(H,12,13,14). The molecule has 1 aromatic heterocycles. The van der Waals surface area contributed by atoms with Crippen LogP contribution in [0.3, 0.4) is 0 Å². The number of nitrogens with one attached hydrogen (secondary N) is 1. The Bertz CT molecular complexity index is 374. The Hall–Kier alpha value is -1.40. The number of nitrogens with zero attached hydrogens (tertiary/aromatic N) is 2. The number of anilines is 2. The summed E-state index contributed by atoms with van der Waals surface area (Å²) < 4.78 is 5.33. The van der Waals surface area contributed by atoms with Crippen LogP contribution in [0.15, 0.2) is 12.5 Å². The molecule has 2 unspecified atom stereocenters. The molecule has 1 fully saturated rings. The summed E-state index contributed by atoms with van der Waals surface area (Å²) in [7, 11) is 0. The Morgan fingerprint density at radius 2 is 2.56 bits per heavy atom. The van der Waals surface area contributed by atoms with Crippen LogP contribution in [0, 0.1) is 0 Å². The van der Waals surface area contributed by atoms with E-state index in [1.165, 1.54) is 12.5 Å². The predicted octanol–water partition coefficient (Wildman–Crippen LogP) is 0.0106. The van der Waals surface area contributed by atoms with E-state index >= 15 is 0 Å². The number of hydrogen-bond acceptors (Lipinski definition) is 6. The van der Waals surface area contributed by atoms with Gasteiger partial charge in [-0.25, -0.2) is 9.97 Å². The van der Waals surface area contributed by atoms with Crippen molar-refractivity contribution in [1.29, 1.82) is 0 Å². The van der Waals surface area contributed by atoms with Crippen LogP contribution in [0.2, 0.25) is 0 Å². The summed E-state index contributed by atoms with van der Waals surface area (Å²) in [6.45, 7) is 2.81. The average molecular weight is 224 g/mol. The van der Waals surface area contributed by atoms with Crippen molar-refractivity contribution in [2.24, 2.45) is 0 Å². The maximum atomic E-state index is 10.2. The molecule has 0 aliphatic carbocycles. The zero-order valence-electron chi connectivity index (χ0n) is 9.18. The molecule has 0 radical (unpaired) electrons. The van der Waals surface area contributed by atoms with Gasteiger partial charge in [0.1, 0.15) is 11.9 Å². The van der Waals surface area contributed by atoms with E-state index in [0.717, 1.165) is 0 Å². The lowest BCUT2D eigenvalue weighted by Gasteiger charge is -2.26. The number of nitrogens with two attached hydrogens (primary N) is 1. The molecular weight excluding hydrogens is 208 g/mol. The molecule has 1 aliphatic heterocycles. The molecule has 0 amide bonds. The fourth-order valence-corrected chi connectivity index (χ4v) is 1.73. The highest BCUT2D eigenvalue weighted by Crippen LogP contribution is 2.26. The Morgan fingerprint density at radius 3 is 3.19 bits per heavy atom. The molecule has 6 nitrogen and oxygen atoms in total. The van der Waals surface area contributed by atoms with Crippen molar-refractivity contribution >= 4 is 11.5 Å². The number of aromatic nitrogens is 2. The Kier molecular flexibility index (Phi) is 2.93. The lowest BCUT2D eigenvalue weighted by molar-refractivity contribution is -0.0176. The van der Waals surface area contributed by atoms with Crippen LogP contribution in [0.4, 0.5) is 11.5 Å². The summed E-state index contributed by atoms with van der Waals surface area (Å²) in [5.41, 5.74) is 5.30. The minimum Gasteiger partial charge on any atom is -0.394 e. The van der Waals surface area contributed by atoms with Gasteiger partial charge in [-0.1, -0.05) is 0 Å². The van der Waals surface area contributed by atoms with Gasteiger partial charge in [0, 0.05) is 19.6 Å². The molecule has 88 valence electrons. The second-order valence-electron chi connectivity index (χ2n) is 4.05. The van der Waals surface area contributed by atoms with Gasteiger partial charge in [0.25, 0.3) is 0 Å². The molecular formula is C10H16N4O2. The van der Waals surface area contributed by atoms with Crippen LogP contribution in [0.5, 0.6) is 0 Å². The van der Waals surface area contributed by atoms with Gasteiger partial charge in [-0.3, -0.25) is 0 Å². The zero-order chi connectivity index (χ0) is 11.6. The van der Waals surface area contributed by atoms with E-state index in [4.69, 9.17) is 10.5 Å². The molecule has 2 rings (SSSR count). The van der Waals surface area contributed by atoms with E-state index in [2.05, 4.69) is 15.3 Å². The summed E-state index contributed by atoms with van der Waals surface area (Å²) in [5.74, 6) is 0.544. The number of nitrogen functional groups attached to an aromatic ring is 1. The Balaban J connectivity index is 2.00. The molecule has 16 heavy (non-hydrogen) atoms. The zero-order valence-corrected chi connectivity index (χ0v) is 9.18. The van der Waals surface area contributed by atoms with Gasteiger partial charge in [0.15, 0.2) is 5.82 Å². The fourth-order valence-electron chi connectivity index (χ4n) is 1.73. The molecule has 1 aliphatic rings. The molecule has 6 heteroatoms. The first-order valence-corrected chi connectivity index (χ1v) is 5.25. The van der Waals surface area contributed by atoms with Gasteiger partial charge in [-0.2, -0.15) is 0 Å².